The van der Waals surface area contributed by atoms with Crippen LogP contribution in [-0.4, -0.2) is 36.9 Å². The van der Waals surface area contributed by atoms with Crippen molar-refractivity contribution in [1.82, 2.24) is 0 Å². The predicted molar refractivity (Wildman–Crippen MR) is 60.4 cm³/mol. The molecule has 1 aliphatic heterocycles. The molecule has 0 radical (unpaired) electrons. The Labute approximate surface area is 94.4 Å². The van der Waals surface area contributed by atoms with Gasteiger partial charge in [0.05, 0.1) is 19.3 Å². The van der Waals surface area contributed by atoms with Gasteiger partial charge in [-0.3, -0.25) is 4.79 Å². The van der Waals surface area contributed by atoms with Gasteiger partial charge in [0.25, 0.3) is 5.91 Å². The Morgan fingerprint density at radius 2 is 2.38 bits per heavy atom. The average molecular weight is 221 g/mol. The molecule has 1 N–H and O–H groups in total. The highest BCUT2D eigenvalue weighted by Crippen LogP contribution is 2.21. The van der Waals surface area contributed by atoms with Gasteiger partial charge in [-0.2, -0.15) is 0 Å². The molecule has 1 aromatic carbocycles. The van der Waals surface area contributed by atoms with Crippen molar-refractivity contribution in [2.75, 3.05) is 24.7 Å². The summed E-state index contributed by atoms with van der Waals surface area (Å²) in [6.07, 6.45) is 0. The van der Waals surface area contributed by atoms with Gasteiger partial charge in [-0.25, -0.2) is 0 Å². The van der Waals surface area contributed by atoms with Gasteiger partial charge in [-0.15, -0.1) is 0 Å². The molecule has 2 rings (SSSR count). The van der Waals surface area contributed by atoms with Crippen molar-refractivity contribution in [3.8, 4) is 0 Å². The van der Waals surface area contributed by atoms with Crippen LogP contribution in [-0.2, 0) is 9.53 Å². The van der Waals surface area contributed by atoms with Gasteiger partial charge in [0.15, 0.2) is 0 Å². The van der Waals surface area contributed by atoms with Crippen LogP contribution in [0, 0.1) is 6.92 Å². The van der Waals surface area contributed by atoms with Crippen LogP contribution in [0.5, 0.6) is 0 Å². The second kappa shape index (κ2) is 4.63. The standard InChI is InChI=1S/C12H15NO3/c1-9-3-2-4-10(5-9)13-11(6-14)7-16-8-12(13)15/h2-5,11,14H,6-8H2,1H3. The number of hydrogen-bond donors (Lipinski definition) is 1. The third-order valence-corrected chi connectivity index (χ3v) is 2.66. The lowest BCUT2D eigenvalue weighted by atomic mass is 10.1. The Balaban J connectivity index is 2.31. The topological polar surface area (TPSA) is 49.8 Å². The van der Waals surface area contributed by atoms with Crippen molar-refractivity contribution in [2.24, 2.45) is 0 Å². The Morgan fingerprint density at radius 1 is 1.56 bits per heavy atom. The molecule has 0 spiro atoms. The monoisotopic (exact) mass is 221 g/mol. The summed E-state index contributed by atoms with van der Waals surface area (Å²) >= 11 is 0. The van der Waals surface area contributed by atoms with Crippen molar-refractivity contribution in [3.05, 3.63) is 29.8 Å². The largest absolute Gasteiger partial charge is 0.394 e. The number of amides is 1. The molecule has 4 heteroatoms. The second-order valence-corrected chi connectivity index (χ2v) is 3.95. The molecule has 0 aliphatic carbocycles. The molecule has 1 saturated heterocycles. The quantitative estimate of drug-likeness (QED) is 0.800. The van der Waals surface area contributed by atoms with Gasteiger partial charge >= 0.3 is 0 Å². The molecule has 1 unspecified atom stereocenters. The molecule has 0 saturated carbocycles. The van der Waals surface area contributed by atoms with Crippen molar-refractivity contribution in [3.63, 3.8) is 0 Å². The molecular weight excluding hydrogens is 206 g/mol. The lowest BCUT2D eigenvalue weighted by molar-refractivity contribution is -0.128. The first kappa shape index (κ1) is 11.1. The zero-order chi connectivity index (χ0) is 11.5. The molecule has 1 atom stereocenters. The zero-order valence-corrected chi connectivity index (χ0v) is 9.22. The maximum atomic E-state index is 11.8. The summed E-state index contributed by atoms with van der Waals surface area (Å²) in [5.74, 6) is -0.101. The molecule has 1 aromatic rings. The first-order valence-corrected chi connectivity index (χ1v) is 5.29. The number of aliphatic hydroxyl groups excluding tert-OH is 1. The summed E-state index contributed by atoms with van der Waals surface area (Å²) in [5, 5.41) is 9.24. The van der Waals surface area contributed by atoms with Gasteiger partial charge in [-0.1, -0.05) is 12.1 Å². The van der Waals surface area contributed by atoms with E-state index < -0.39 is 0 Å². The fourth-order valence-corrected chi connectivity index (χ4v) is 1.90. The Kier molecular flexibility index (Phi) is 3.22. The normalized spacial score (nSPS) is 21.2. The van der Waals surface area contributed by atoms with Crippen LogP contribution in [0.4, 0.5) is 5.69 Å². The van der Waals surface area contributed by atoms with Crippen LogP contribution in [0.3, 0.4) is 0 Å². The number of aliphatic hydroxyl groups is 1. The molecule has 1 amide bonds. The van der Waals surface area contributed by atoms with E-state index in [9.17, 15) is 9.90 Å². The maximum absolute atomic E-state index is 11.8. The highest BCUT2D eigenvalue weighted by molar-refractivity contribution is 5.95. The van der Waals surface area contributed by atoms with E-state index >= 15 is 0 Å². The number of hydrogen-bond acceptors (Lipinski definition) is 3. The predicted octanol–water partition coefficient (Wildman–Crippen LogP) is 0.719. The minimum absolute atomic E-state index is 0.0836. The second-order valence-electron chi connectivity index (χ2n) is 3.95. The number of anilines is 1. The minimum atomic E-state index is -0.275. The Bertz CT molecular complexity index is 392. The lowest BCUT2D eigenvalue weighted by Crippen LogP contribution is -2.51. The van der Waals surface area contributed by atoms with E-state index in [1.807, 2.05) is 31.2 Å². The fourth-order valence-electron chi connectivity index (χ4n) is 1.90. The summed E-state index contributed by atoms with van der Waals surface area (Å²) in [6.45, 7) is 2.36. The molecular formula is C12H15NO3. The van der Waals surface area contributed by atoms with E-state index in [1.54, 1.807) is 4.90 Å². The van der Waals surface area contributed by atoms with Crippen molar-refractivity contribution < 1.29 is 14.6 Å². The highest BCUT2D eigenvalue weighted by atomic mass is 16.5. The van der Waals surface area contributed by atoms with Gasteiger partial charge in [0, 0.05) is 5.69 Å². The van der Waals surface area contributed by atoms with Gasteiger partial charge in [0.1, 0.15) is 6.61 Å². The van der Waals surface area contributed by atoms with Crippen molar-refractivity contribution in [1.29, 1.82) is 0 Å². The van der Waals surface area contributed by atoms with E-state index in [4.69, 9.17) is 4.74 Å². The number of aryl methyl sites for hydroxylation is 1. The number of benzene rings is 1. The summed E-state index contributed by atoms with van der Waals surface area (Å²) < 4.78 is 5.12. The fraction of sp³-hybridized carbons (Fsp3) is 0.417. The molecule has 0 aromatic heterocycles. The van der Waals surface area contributed by atoms with E-state index in [2.05, 4.69) is 0 Å². The summed E-state index contributed by atoms with van der Waals surface area (Å²) in [7, 11) is 0. The smallest absolute Gasteiger partial charge is 0.253 e. The van der Waals surface area contributed by atoms with Crippen LogP contribution < -0.4 is 4.90 Å². The SMILES string of the molecule is Cc1cccc(N2C(=O)COCC2CO)c1. The van der Waals surface area contributed by atoms with Crippen LogP contribution in [0.1, 0.15) is 5.56 Å². The average Bonchev–Trinajstić information content (AvgIpc) is 2.28. The number of morpholine rings is 1. The Hall–Kier alpha value is -1.39. The molecule has 16 heavy (non-hydrogen) atoms. The number of carbonyl (C=O) groups is 1. The van der Waals surface area contributed by atoms with Crippen LogP contribution >= 0.6 is 0 Å². The summed E-state index contributed by atoms with van der Waals surface area (Å²) in [5.41, 5.74) is 1.92. The van der Waals surface area contributed by atoms with E-state index in [1.165, 1.54) is 0 Å². The summed E-state index contributed by atoms with van der Waals surface area (Å²) in [4.78, 5) is 13.4. The first-order valence-electron chi connectivity index (χ1n) is 5.29. The van der Waals surface area contributed by atoms with E-state index in [0.29, 0.717) is 6.61 Å². The van der Waals surface area contributed by atoms with Gasteiger partial charge in [0.2, 0.25) is 0 Å². The first-order chi connectivity index (χ1) is 7.72. The number of carbonyl (C=O) groups excluding carboxylic acids is 1. The van der Waals surface area contributed by atoms with Gasteiger partial charge in [-0.05, 0) is 24.6 Å². The molecule has 1 heterocycles. The zero-order valence-electron chi connectivity index (χ0n) is 9.22. The van der Waals surface area contributed by atoms with E-state index in [-0.39, 0.29) is 25.2 Å². The summed E-state index contributed by atoms with van der Waals surface area (Å²) in [6, 6.07) is 7.41. The van der Waals surface area contributed by atoms with Crippen molar-refractivity contribution >= 4 is 11.6 Å². The third kappa shape index (κ3) is 2.08. The molecule has 86 valence electrons. The molecule has 4 nitrogen and oxygen atoms in total. The highest BCUT2D eigenvalue weighted by Gasteiger charge is 2.29. The number of rotatable bonds is 2. The maximum Gasteiger partial charge on any atom is 0.253 e. The molecule has 1 fully saturated rings. The number of nitrogens with zero attached hydrogens (tertiary/aromatic N) is 1. The van der Waals surface area contributed by atoms with Crippen molar-refractivity contribution in [2.45, 2.75) is 13.0 Å². The van der Waals surface area contributed by atoms with Crippen LogP contribution in [0.15, 0.2) is 24.3 Å². The third-order valence-electron chi connectivity index (χ3n) is 2.66. The minimum Gasteiger partial charge on any atom is -0.394 e. The Morgan fingerprint density at radius 3 is 3.06 bits per heavy atom. The molecule has 1 aliphatic rings. The molecule has 0 bridgehead atoms. The van der Waals surface area contributed by atoms with E-state index in [0.717, 1.165) is 11.3 Å². The van der Waals surface area contributed by atoms with Crippen LogP contribution in [0.2, 0.25) is 0 Å². The lowest BCUT2D eigenvalue weighted by Gasteiger charge is -2.34. The van der Waals surface area contributed by atoms with Gasteiger partial charge < -0.3 is 14.7 Å². The number of ether oxygens (including phenoxy) is 1. The van der Waals surface area contributed by atoms with Crippen LogP contribution in [0.25, 0.3) is 0 Å².